The van der Waals surface area contributed by atoms with Crippen molar-refractivity contribution in [3.05, 3.63) is 64.6 Å². The number of piperazine rings is 1. The minimum Gasteiger partial charge on any atom is -0.467 e. The third-order valence-electron chi connectivity index (χ3n) is 5.10. The Hall–Kier alpha value is -2.52. The Morgan fingerprint density at radius 2 is 1.93 bits per heavy atom. The Labute approximate surface area is 168 Å². The highest BCUT2D eigenvalue weighted by Crippen LogP contribution is 2.10. The number of H-pyrrole nitrogens is 1. The number of aliphatic hydroxyl groups is 1. The Morgan fingerprint density at radius 3 is 2.72 bits per heavy atom. The number of nitrogens with zero attached hydrogens (tertiary/aromatic N) is 3. The van der Waals surface area contributed by atoms with Crippen LogP contribution in [-0.2, 0) is 17.9 Å². The molecule has 0 amide bonds. The van der Waals surface area contributed by atoms with E-state index in [1.165, 1.54) is 0 Å². The summed E-state index contributed by atoms with van der Waals surface area (Å²) in [6, 6.07) is 11.0. The lowest BCUT2D eigenvalue weighted by Crippen LogP contribution is -2.48. The smallest absolute Gasteiger partial charge is 0.258 e. The maximum Gasteiger partial charge on any atom is 0.258 e. The van der Waals surface area contributed by atoms with Crippen molar-refractivity contribution in [3.8, 4) is 0 Å². The highest BCUT2D eigenvalue weighted by molar-refractivity contribution is 5.77. The molecule has 0 bridgehead atoms. The zero-order chi connectivity index (χ0) is 20.1. The molecule has 154 valence electrons. The quantitative estimate of drug-likeness (QED) is 0.589. The van der Waals surface area contributed by atoms with Gasteiger partial charge in [-0.1, -0.05) is 12.1 Å². The van der Waals surface area contributed by atoms with Crippen LogP contribution in [0.15, 0.2) is 51.9 Å². The van der Waals surface area contributed by atoms with Gasteiger partial charge < -0.3 is 19.2 Å². The lowest BCUT2D eigenvalue weighted by molar-refractivity contribution is -0.00322. The second-order valence-corrected chi connectivity index (χ2v) is 7.35. The second kappa shape index (κ2) is 9.32. The van der Waals surface area contributed by atoms with Crippen LogP contribution in [0.2, 0.25) is 0 Å². The van der Waals surface area contributed by atoms with E-state index in [0.29, 0.717) is 30.9 Å². The molecule has 1 fully saturated rings. The number of β-amino-alcohol motifs (C(OH)–C–C–N with tert-alkyl or cyclic N) is 1. The zero-order valence-electron chi connectivity index (χ0n) is 16.3. The molecule has 1 aliphatic heterocycles. The van der Waals surface area contributed by atoms with Gasteiger partial charge in [-0.2, -0.15) is 0 Å². The summed E-state index contributed by atoms with van der Waals surface area (Å²) in [5, 5.41) is 10.8. The van der Waals surface area contributed by atoms with Crippen LogP contribution in [0.5, 0.6) is 0 Å². The number of furan rings is 1. The number of benzene rings is 1. The van der Waals surface area contributed by atoms with Crippen LogP contribution in [0.4, 0.5) is 0 Å². The van der Waals surface area contributed by atoms with Crippen molar-refractivity contribution in [2.75, 3.05) is 39.3 Å². The van der Waals surface area contributed by atoms with Gasteiger partial charge in [-0.25, -0.2) is 4.98 Å². The van der Waals surface area contributed by atoms with E-state index in [9.17, 15) is 9.90 Å². The molecule has 8 heteroatoms. The number of ether oxygens (including phenoxy) is 1. The molecular formula is C21H26N4O4. The van der Waals surface area contributed by atoms with Gasteiger partial charge in [-0.05, 0) is 24.3 Å². The maximum absolute atomic E-state index is 12.2. The van der Waals surface area contributed by atoms with Crippen molar-refractivity contribution < 1.29 is 14.3 Å². The van der Waals surface area contributed by atoms with Crippen LogP contribution in [0, 0.1) is 0 Å². The van der Waals surface area contributed by atoms with E-state index in [0.717, 1.165) is 37.5 Å². The monoisotopic (exact) mass is 398 g/mol. The summed E-state index contributed by atoms with van der Waals surface area (Å²) in [5.41, 5.74) is 0.629. The number of fused-ring (bicyclic) bond motifs is 1. The van der Waals surface area contributed by atoms with Crippen LogP contribution >= 0.6 is 0 Å². The fourth-order valence-electron chi connectivity index (χ4n) is 3.59. The standard InChI is InChI=1S/C21H26N4O4/c26-16(14-28-15-17-4-3-11-29-17)12-24-7-9-25(10-8-24)13-20-22-19-6-2-1-5-18(19)21(27)23-20/h1-6,11,16,26H,7-10,12-15H2,(H,22,23,27). The van der Waals surface area contributed by atoms with Crippen molar-refractivity contribution in [2.24, 2.45) is 0 Å². The summed E-state index contributed by atoms with van der Waals surface area (Å²) in [6.07, 6.45) is 1.08. The number of aliphatic hydroxyl groups excluding tert-OH is 1. The van der Waals surface area contributed by atoms with Crippen molar-refractivity contribution >= 4 is 10.9 Å². The first-order valence-corrected chi connectivity index (χ1v) is 9.88. The number of aromatic nitrogens is 2. The molecule has 0 spiro atoms. The summed E-state index contributed by atoms with van der Waals surface area (Å²) in [7, 11) is 0. The van der Waals surface area contributed by atoms with Crippen molar-refractivity contribution in [2.45, 2.75) is 19.3 Å². The normalized spacial score (nSPS) is 17.0. The number of para-hydroxylation sites is 1. The van der Waals surface area contributed by atoms with Gasteiger partial charge in [0.05, 0.1) is 36.4 Å². The lowest BCUT2D eigenvalue weighted by atomic mass is 10.2. The molecule has 4 rings (SSSR count). The third kappa shape index (κ3) is 5.30. The molecule has 29 heavy (non-hydrogen) atoms. The Kier molecular flexibility index (Phi) is 6.36. The summed E-state index contributed by atoms with van der Waals surface area (Å²) in [6.45, 7) is 5.27. The molecule has 1 aliphatic rings. The highest BCUT2D eigenvalue weighted by atomic mass is 16.5. The summed E-state index contributed by atoms with van der Waals surface area (Å²) < 4.78 is 10.7. The van der Waals surface area contributed by atoms with Crippen molar-refractivity contribution in [3.63, 3.8) is 0 Å². The van der Waals surface area contributed by atoms with E-state index < -0.39 is 6.10 Å². The molecule has 3 aromatic rings. The van der Waals surface area contributed by atoms with Crippen molar-refractivity contribution in [1.29, 1.82) is 0 Å². The zero-order valence-corrected chi connectivity index (χ0v) is 16.3. The molecular weight excluding hydrogens is 372 g/mol. The Balaban J connectivity index is 1.22. The minimum atomic E-state index is -0.532. The average molecular weight is 398 g/mol. The topological polar surface area (TPSA) is 94.8 Å². The van der Waals surface area contributed by atoms with E-state index in [1.807, 2.05) is 30.3 Å². The van der Waals surface area contributed by atoms with E-state index in [1.54, 1.807) is 12.3 Å². The maximum atomic E-state index is 12.2. The van der Waals surface area contributed by atoms with Gasteiger partial charge in [0, 0.05) is 32.7 Å². The molecule has 2 aromatic heterocycles. The molecule has 0 saturated carbocycles. The number of rotatable bonds is 8. The first kappa shape index (κ1) is 19.8. The van der Waals surface area contributed by atoms with Crippen molar-refractivity contribution in [1.82, 2.24) is 19.8 Å². The van der Waals surface area contributed by atoms with Crippen LogP contribution < -0.4 is 5.56 Å². The third-order valence-corrected chi connectivity index (χ3v) is 5.10. The SMILES string of the molecule is O=c1[nH]c(CN2CCN(CC(O)COCc3ccco3)CC2)nc2ccccc12. The van der Waals surface area contributed by atoms with E-state index >= 15 is 0 Å². The van der Waals surface area contributed by atoms with E-state index in [-0.39, 0.29) is 12.2 Å². The number of hydrogen-bond acceptors (Lipinski definition) is 7. The number of nitrogens with one attached hydrogen (secondary N) is 1. The predicted molar refractivity (Wildman–Crippen MR) is 108 cm³/mol. The highest BCUT2D eigenvalue weighted by Gasteiger charge is 2.20. The Bertz CT molecular complexity index is 964. The largest absolute Gasteiger partial charge is 0.467 e. The molecule has 3 heterocycles. The summed E-state index contributed by atoms with van der Waals surface area (Å²) in [4.78, 5) is 24.2. The van der Waals surface area contributed by atoms with Gasteiger partial charge in [0.1, 0.15) is 18.2 Å². The first-order valence-electron chi connectivity index (χ1n) is 9.88. The van der Waals surface area contributed by atoms with Crippen LogP contribution in [0.3, 0.4) is 0 Å². The van der Waals surface area contributed by atoms with Gasteiger partial charge in [0.2, 0.25) is 0 Å². The fourth-order valence-corrected chi connectivity index (χ4v) is 3.59. The van der Waals surface area contributed by atoms with Gasteiger partial charge in [0.25, 0.3) is 5.56 Å². The summed E-state index contributed by atoms with van der Waals surface area (Å²) >= 11 is 0. The molecule has 0 radical (unpaired) electrons. The summed E-state index contributed by atoms with van der Waals surface area (Å²) in [5.74, 6) is 1.44. The molecule has 1 saturated heterocycles. The molecule has 0 aliphatic carbocycles. The molecule has 1 aromatic carbocycles. The predicted octanol–water partition coefficient (Wildman–Crippen LogP) is 1.21. The van der Waals surface area contributed by atoms with Gasteiger partial charge >= 0.3 is 0 Å². The Morgan fingerprint density at radius 1 is 1.14 bits per heavy atom. The number of aromatic amines is 1. The van der Waals surface area contributed by atoms with Crippen LogP contribution in [0.1, 0.15) is 11.6 Å². The number of hydrogen-bond donors (Lipinski definition) is 2. The fraction of sp³-hybridized carbons (Fsp3) is 0.429. The molecule has 2 N–H and O–H groups in total. The molecule has 8 nitrogen and oxygen atoms in total. The van der Waals surface area contributed by atoms with Crippen LogP contribution in [-0.4, -0.2) is 70.3 Å². The minimum absolute atomic E-state index is 0.0955. The van der Waals surface area contributed by atoms with Crippen LogP contribution in [0.25, 0.3) is 10.9 Å². The van der Waals surface area contributed by atoms with Gasteiger partial charge in [-0.15, -0.1) is 0 Å². The lowest BCUT2D eigenvalue weighted by Gasteiger charge is -2.35. The van der Waals surface area contributed by atoms with Gasteiger partial charge in [-0.3, -0.25) is 14.6 Å². The molecule has 1 unspecified atom stereocenters. The van der Waals surface area contributed by atoms with E-state index in [4.69, 9.17) is 9.15 Å². The second-order valence-electron chi connectivity index (χ2n) is 7.35. The molecule has 1 atom stereocenters. The first-order chi connectivity index (χ1) is 14.2. The van der Waals surface area contributed by atoms with Gasteiger partial charge in [0.15, 0.2) is 0 Å². The average Bonchev–Trinajstić information content (AvgIpc) is 3.23. The van der Waals surface area contributed by atoms with E-state index in [2.05, 4.69) is 19.8 Å².